The van der Waals surface area contributed by atoms with E-state index in [1.54, 1.807) is 0 Å². The van der Waals surface area contributed by atoms with Crippen molar-refractivity contribution in [1.29, 1.82) is 0 Å². The Labute approximate surface area is 93.6 Å². The Bertz CT molecular complexity index is 15.5. The van der Waals surface area contributed by atoms with Crippen molar-refractivity contribution in [2.45, 2.75) is 0 Å². The molecule has 0 aliphatic heterocycles. The molecule has 5 heavy (non-hydrogen) atoms. The first-order valence-corrected chi connectivity index (χ1v) is 0. The molecule has 0 unspecified atom stereocenters. The van der Waals surface area contributed by atoms with Gasteiger partial charge in [-0.05, 0) is 0 Å². The first-order chi connectivity index (χ1) is 0. The van der Waals surface area contributed by atoms with Crippen LogP contribution in [0.15, 0.2) is 0 Å². The van der Waals surface area contributed by atoms with Crippen LogP contribution in [0, 0.1) is 0 Å². The van der Waals surface area contributed by atoms with E-state index in [9.17, 15) is 0 Å². The van der Waals surface area contributed by atoms with Gasteiger partial charge in [0.15, 0.2) is 0 Å². The van der Waals surface area contributed by atoms with Crippen LogP contribution in [0.25, 0.3) is 0 Å². The van der Waals surface area contributed by atoms with Gasteiger partial charge in [-0.15, -0.1) is 0 Å². The largest absolute Gasteiger partial charge is 2.00 e. The predicted molar refractivity (Wildman–Crippen MR) is 20.3 cm³/mol. The molecule has 0 aliphatic carbocycles. The van der Waals surface area contributed by atoms with Gasteiger partial charge in [-0.2, -0.15) is 0 Å². The summed E-state index contributed by atoms with van der Waals surface area (Å²) in [6, 6.07) is 0. The molecule has 0 saturated heterocycles. The van der Waals surface area contributed by atoms with Gasteiger partial charge in [-0.1, -0.05) is 0 Å². The van der Waals surface area contributed by atoms with E-state index in [0.717, 1.165) is 0 Å². The molecule has 0 amide bonds. The monoisotopic (exact) mass is 432 g/mol. The van der Waals surface area contributed by atoms with E-state index in [1.807, 2.05) is 0 Å². The fourth-order valence-corrected chi connectivity index (χ4v) is 0. The quantitative estimate of drug-likeness (QED) is 0.344. The molecule has 0 heterocycles. The van der Waals surface area contributed by atoms with Crippen molar-refractivity contribution in [3.63, 3.8) is 0 Å². The van der Waals surface area contributed by atoms with Gasteiger partial charge in [0, 0.05) is 0 Å². The summed E-state index contributed by atoms with van der Waals surface area (Å²) >= 11 is 0. The third kappa shape index (κ3) is 19.8. The van der Waals surface area contributed by atoms with E-state index in [2.05, 4.69) is 0 Å². The van der Waals surface area contributed by atoms with E-state index in [1.165, 1.54) is 0 Å². The first-order valence-electron chi connectivity index (χ1n) is 0. The third-order valence-corrected chi connectivity index (χ3v) is 0. The second-order valence-electron chi connectivity index (χ2n) is 0. The molecular weight excluding hydrogens is 425 g/mol. The average molecular weight is 431 g/mol. The molecule has 1 nitrogen and oxygen atoms in total. The van der Waals surface area contributed by atoms with E-state index < -0.39 is 0 Å². The van der Waals surface area contributed by atoms with Crippen LogP contribution in [0.5, 0.6) is 0 Å². The van der Waals surface area contributed by atoms with Crippen molar-refractivity contribution in [1.82, 2.24) is 0 Å². The van der Waals surface area contributed by atoms with Crippen LogP contribution in [0.4, 0.5) is 0 Å². The van der Waals surface area contributed by atoms with Gasteiger partial charge in [0.1, 0.15) is 0 Å². The maximum absolute atomic E-state index is 0. The first kappa shape index (κ1) is 45.3. The summed E-state index contributed by atoms with van der Waals surface area (Å²) < 4.78 is 0. The number of hydrogen-bond acceptors (Lipinski definition) is 0. The Balaban J connectivity index is 0. The molecule has 0 atom stereocenters. The van der Waals surface area contributed by atoms with Crippen LogP contribution in [-0.4, -0.2) is 49.9 Å². The minimum Gasteiger partial charge on any atom is 2.00 e. The molecule has 0 spiro atoms. The van der Waals surface area contributed by atoms with Crippen molar-refractivity contribution in [3.05, 3.63) is 0 Å². The fraction of sp³-hybridized carbons (Fsp3) is 0. The maximum atomic E-state index is 0. The summed E-state index contributed by atoms with van der Waals surface area (Å²) in [5.74, 6) is 0. The third-order valence-electron chi connectivity index (χ3n) is 0. The van der Waals surface area contributed by atoms with Crippen LogP contribution in [0.2, 0.25) is 0 Å². The van der Waals surface area contributed by atoms with Gasteiger partial charge in [0.05, 0.1) is 0 Å². The predicted octanol–water partition coefficient (Wildman–Crippen LogP) is -5.10. The fourth-order valence-electron chi connectivity index (χ4n) is 0. The van der Waals surface area contributed by atoms with Crippen LogP contribution in [0.1, 0.15) is 1.43 Å². The number of hydrogen-bond donors (Lipinski definition) is 0. The van der Waals surface area contributed by atoms with E-state index in [-0.39, 0.29) is 95.1 Å². The second-order valence-corrected chi connectivity index (χ2v) is 0. The summed E-state index contributed by atoms with van der Waals surface area (Å²) in [7, 11) is 0. The van der Waals surface area contributed by atoms with Gasteiger partial charge in [-0.25, -0.2) is 0 Å². The summed E-state index contributed by atoms with van der Waals surface area (Å²) in [6.07, 6.45) is 0. The van der Waals surface area contributed by atoms with Crippen molar-refractivity contribution >= 4 is 49.9 Å². The van der Waals surface area contributed by atoms with Crippen molar-refractivity contribution in [3.8, 4) is 0 Å². The zero-order chi connectivity index (χ0) is 0. The van der Waals surface area contributed by atoms with Gasteiger partial charge < -0.3 is 6.90 Å². The van der Waals surface area contributed by atoms with Gasteiger partial charge in [-0.3, -0.25) is 0 Å². The second kappa shape index (κ2) is 28.8. The smallest absolute Gasteiger partial charge is 2.00 e. The van der Waals surface area contributed by atoms with Gasteiger partial charge in [0.2, 0.25) is 0 Å². The summed E-state index contributed by atoms with van der Waals surface area (Å²) in [6.45, 7) is 0. The zero-order valence-corrected chi connectivity index (χ0v) is 14.6. The molecule has 0 saturated carbocycles. The Morgan fingerprint density at radius 2 is 1.20 bits per heavy atom. The topological polar surface area (TPSA) is 28.5 Å². The molecule has 26 valence electrons. The minimum absolute atomic E-state index is 0. The zero-order valence-electron chi connectivity index (χ0n) is 4.32. The van der Waals surface area contributed by atoms with Crippen LogP contribution in [-0.2, 0) is 25.0 Å². The molecule has 0 fully saturated rings. The molecule has 0 rings (SSSR count). The van der Waals surface area contributed by atoms with Crippen molar-refractivity contribution in [2.75, 3.05) is 0 Å². The normalized spacial score (nSPS) is 0. The average Bonchev–Trinajstić information content (AvgIpc) is 0. The molecular formula is H6BiLiOTeZn. The van der Waals surface area contributed by atoms with Crippen molar-refractivity contribution in [2.24, 2.45) is 0 Å². The van der Waals surface area contributed by atoms with Crippen LogP contribution in [0.3, 0.4) is 0 Å². The van der Waals surface area contributed by atoms with Crippen molar-refractivity contribution < 1.29 is 45.2 Å². The molecule has 0 bridgehead atoms. The van der Waals surface area contributed by atoms with Gasteiger partial charge in [0.25, 0.3) is 0 Å². The molecule has 5 heteroatoms. The minimum atomic E-state index is 0. The Hall–Kier alpha value is 2.85. The molecule has 0 radical (unpaired) electrons. The summed E-state index contributed by atoms with van der Waals surface area (Å²) in [5.41, 5.74) is 0. The molecule has 0 N–H and O–H groups in total. The molecule has 0 aromatic rings. The molecule has 0 aliphatic rings. The van der Waals surface area contributed by atoms with Gasteiger partial charge >= 0.3 is 88.2 Å². The Morgan fingerprint density at radius 1 is 1.20 bits per heavy atom. The maximum Gasteiger partial charge on any atom is 2.00 e. The van der Waals surface area contributed by atoms with Crippen LogP contribution < -0.4 is 18.9 Å². The summed E-state index contributed by atoms with van der Waals surface area (Å²) in [4.78, 5) is 0. The van der Waals surface area contributed by atoms with E-state index in [4.69, 9.17) is 0 Å². The Morgan fingerprint density at radius 3 is 1.20 bits per heavy atom. The van der Waals surface area contributed by atoms with E-state index in [0.29, 0.717) is 0 Å². The molecule has 0 aromatic heterocycles. The standard InChI is InChI=1S/Bi.Li.O.H2Te.Zn.4H/h;;;1H2;;;;;/q;+1;-2;;+2;;;;-1. The summed E-state index contributed by atoms with van der Waals surface area (Å²) in [5, 5.41) is 0. The SMILES string of the molecule is [BiH3].[H-].[Li+].[O-2].[TeH2].[Zn+2]. The number of rotatable bonds is 0. The van der Waals surface area contributed by atoms with E-state index >= 15 is 0 Å². The van der Waals surface area contributed by atoms with Crippen LogP contribution >= 0.6 is 0 Å². The molecule has 0 aromatic carbocycles. The Kier molecular flexibility index (Phi) is 261.